The van der Waals surface area contributed by atoms with Gasteiger partial charge in [0.15, 0.2) is 0 Å². The number of aryl methyl sites for hydroxylation is 1. The van der Waals surface area contributed by atoms with E-state index in [0.717, 1.165) is 24.1 Å². The molecule has 98 valence electrons. The molecule has 3 nitrogen and oxygen atoms in total. The summed E-state index contributed by atoms with van der Waals surface area (Å²) in [6.07, 6.45) is 7.56. The second-order valence-electron chi connectivity index (χ2n) is 5.15. The van der Waals surface area contributed by atoms with Crippen LogP contribution >= 0.6 is 0 Å². The Morgan fingerprint density at radius 3 is 2.78 bits per heavy atom. The molecule has 1 aromatic rings. The molecule has 1 atom stereocenters. The minimum atomic E-state index is -0.200. The Morgan fingerprint density at radius 1 is 1.39 bits per heavy atom. The number of esters is 1. The van der Waals surface area contributed by atoms with Crippen molar-refractivity contribution < 1.29 is 9.53 Å². The van der Waals surface area contributed by atoms with Gasteiger partial charge in [0.25, 0.3) is 0 Å². The van der Waals surface area contributed by atoms with Gasteiger partial charge >= 0.3 is 5.97 Å². The maximum absolute atomic E-state index is 12.1. The fourth-order valence-corrected chi connectivity index (χ4v) is 2.42. The second-order valence-corrected chi connectivity index (χ2v) is 5.15. The van der Waals surface area contributed by atoms with E-state index in [1.165, 1.54) is 19.3 Å². The van der Waals surface area contributed by atoms with Gasteiger partial charge in [-0.3, -0.25) is 9.78 Å². The number of carbonyl (C=O) groups is 1. The maximum atomic E-state index is 12.1. The molecule has 1 aromatic heterocycles. The third-order valence-corrected chi connectivity index (χ3v) is 3.61. The van der Waals surface area contributed by atoms with Crippen molar-refractivity contribution in [1.82, 2.24) is 4.98 Å². The van der Waals surface area contributed by atoms with E-state index in [1.54, 1.807) is 6.20 Å². The molecule has 1 unspecified atom stereocenters. The summed E-state index contributed by atoms with van der Waals surface area (Å²) >= 11 is 0. The first-order chi connectivity index (χ1) is 8.66. The van der Waals surface area contributed by atoms with Gasteiger partial charge in [-0.2, -0.15) is 0 Å². The number of hydrogen-bond donors (Lipinski definition) is 0. The quantitative estimate of drug-likeness (QED) is 0.769. The predicted molar refractivity (Wildman–Crippen MR) is 70.4 cm³/mol. The Balaban J connectivity index is 1.95. The first-order valence-electron chi connectivity index (χ1n) is 6.80. The summed E-state index contributed by atoms with van der Waals surface area (Å²) in [5.41, 5.74) is 1.92. The number of nitrogens with zero attached hydrogens (tertiary/aromatic N) is 1. The van der Waals surface area contributed by atoms with E-state index in [9.17, 15) is 4.79 Å². The van der Waals surface area contributed by atoms with E-state index < -0.39 is 0 Å². The summed E-state index contributed by atoms with van der Waals surface area (Å²) in [6, 6.07) is 3.84. The normalized spacial score (nSPS) is 18.3. The molecule has 2 rings (SSSR count). The van der Waals surface area contributed by atoms with Crippen LogP contribution in [0.5, 0.6) is 0 Å². The van der Waals surface area contributed by atoms with Crippen molar-refractivity contribution in [3.05, 3.63) is 29.6 Å². The molecular weight excluding hydrogens is 226 g/mol. The van der Waals surface area contributed by atoms with E-state index in [4.69, 9.17) is 4.74 Å². The average Bonchev–Trinajstić information content (AvgIpc) is 2.39. The highest BCUT2D eigenvalue weighted by Crippen LogP contribution is 2.24. The number of carbonyl (C=O) groups excluding carboxylic acids is 1. The van der Waals surface area contributed by atoms with Crippen molar-refractivity contribution >= 4 is 5.97 Å². The molecule has 1 heterocycles. The van der Waals surface area contributed by atoms with Gasteiger partial charge in [-0.25, -0.2) is 0 Å². The summed E-state index contributed by atoms with van der Waals surface area (Å²) in [5, 5.41) is 0. The average molecular weight is 247 g/mol. The first-order valence-corrected chi connectivity index (χ1v) is 6.80. The third-order valence-electron chi connectivity index (χ3n) is 3.61. The number of rotatable bonds is 3. The Kier molecular flexibility index (Phi) is 4.34. The fraction of sp³-hybridized carbons (Fsp3) is 0.600. The first kappa shape index (κ1) is 13.1. The topological polar surface area (TPSA) is 39.2 Å². The standard InChI is InChI=1S/C15H21NO2/c1-11-10-13(8-9-16-11)12(2)15(17)18-14-6-4-3-5-7-14/h8-10,12,14H,3-7H2,1-2H3. The van der Waals surface area contributed by atoms with Crippen molar-refractivity contribution in [1.29, 1.82) is 0 Å². The van der Waals surface area contributed by atoms with Crippen LogP contribution in [0.2, 0.25) is 0 Å². The van der Waals surface area contributed by atoms with Crippen LogP contribution in [0.1, 0.15) is 56.2 Å². The van der Waals surface area contributed by atoms with Crippen LogP contribution in [0.4, 0.5) is 0 Å². The van der Waals surface area contributed by atoms with Crippen molar-refractivity contribution in [2.75, 3.05) is 0 Å². The minimum Gasteiger partial charge on any atom is -0.462 e. The Bertz CT molecular complexity index is 411. The monoisotopic (exact) mass is 247 g/mol. The van der Waals surface area contributed by atoms with E-state index >= 15 is 0 Å². The van der Waals surface area contributed by atoms with Crippen molar-refractivity contribution in [2.45, 2.75) is 58.0 Å². The van der Waals surface area contributed by atoms with E-state index in [0.29, 0.717) is 0 Å². The Labute approximate surface area is 109 Å². The molecule has 0 spiro atoms. The lowest BCUT2D eigenvalue weighted by molar-refractivity contribution is -0.151. The molecule has 1 fully saturated rings. The number of pyridine rings is 1. The van der Waals surface area contributed by atoms with E-state index in [1.807, 2.05) is 26.0 Å². The lowest BCUT2D eigenvalue weighted by atomic mass is 9.97. The van der Waals surface area contributed by atoms with Gasteiger partial charge in [-0.15, -0.1) is 0 Å². The molecule has 0 radical (unpaired) electrons. The zero-order valence-electron chi connectivity index (χ0n) is 11.2. The highest BCUT2D eigenvalue weighted by Gasteiger charge is 2.22. The van der Waals surface area contributed by atoms with Gasteiger partial charge in [0.2, 0.25) is 0 Å². The molecule has 1 aliphatic rings. The number of ether oxygens (including phenoxy) is 1. The second kappa shape index (κ2) is 5.98. The molecule has 18 heavy (non-hydrogen) atoms. The summed E-state index contributed by atoms with van der Waals surface area (Å²) in [6.45, 7) is 3.84. The molecular formula is C15H21NO2. The molecule has 0 aliphatic heterocycles. The van der Waals surface area contributed by atoms with Gasteiger partial charge in [0, 0.05) is 11.9 Å². The Hall–Kier alpha value is -1.38. The largest absolute Gasteiger partial charge is 0.462 e. The van der Waals surface area contributed by atoms with Crippen LogP contribution in [0.25, 0.3) is 0 Å². The molecule has 0 saturated heterocycles. The summed E-state index contributed by atoms with van der Waals surface area (Å²) < 4.78 is 5.59. The predicted octanol–water partition coefficient (Wildman–Crippen LogP) is 3.37. The van der Waals surface area contributed by atoms with Crippen molar-refractivity contribution in [2.24, 2.45) is 0 Å². The highest BCUT2D eigenvalue weighted by molar-refractivity contribution is 5.77. The summed E-state index contributed by atoms with van der Waals surface area (Å²) in [4.78, 5) is 16.2. The fourth-order valence-electron chi connectivity index (χ4n) is 2.42. The van der Waals surface area contributed by atoms with Crippen molar-refractivity contribution in [3.8, 4) is 0 Å². The van der Waals surface area contributed by atoms with Crippen molar-refractivity contribution in [3.63, 3.8) is 0 Å². The van der Waals surface area contributed by atoms with Gasteiger partial charge in [0.05, 0.1) is 5.92 Å². The van der Waals surface area contributed by atoms with Crippen LogP contribution in [0.3, 0.4) is 0 Å². The lowest BCUT2D eigenvalue weighted by Crippen LogP contribution is -2.24. The Morgan fingerprint density at radius 2 is 2.11 bits per heavy atom. The zero-order chi connectivity index (χ0) is 13.0. The van der Waals surface area contributed by atoms with Gasteiger partial charge in [0.1, 0.15) is 6.10 Å². The smallest absolute Gasteiger partial charge is 0.313 e. The zero-order valence-corrected chi connectivity index (χ0v) is 11.2. The summed E-state index contributed by atoms with van der Waals surface area (Å²) in [5.74, 6) is -0.305. The molecule has 1 aliphatic carbocycles. The van der Waals surface area contributed by atoms with Gasteiger partial charge in [-0.05, 0) is 57.2 Å². The SMILES string of the molecule is Cc1cc(C(C)C(=O)OC2CCCCC2)ccn1. The van der Waals surface area contributed by atoms with Gasteiger partial charge in [-0.1, -0.05) is 6.42 Å². The minimum absolute atomic E-state index is 0.104. The van der Waals surface area contributed by atoms with Crippen LogP contribution < -0.4 is 0 Å². The van der Waals surface area contributed by atoms with Crippen LogP contribution in [0, 0.1) is 6.92 Å². The van der Waals surface area contributed by atoms with Crippen LogP contribution in [0.15, 0.2) is 18.3 Å². The van der Waals surface area contributed by atoms with Crippen LogP contribution in [-0.4, -0.2) is 17.1 Å². The molecule has 0 bridgehead atoms. The van der Waals surface area contributed by atoms with Gasteiger partial charge < -0.3 is 4.74 Å². The molecule has 3 heteroatoms. The molecule has 0 aromatic carbocycles. The third kappa shape index (κ3) is 3.31. The number of aromatic nitrogens is 1. The van der Waals surface area contributed by atoms with Crippen LogP contribution in [-0.2, 0) is 9.53 Å². The molecule has 0 amide bonds. The summed E-state index contributed by atoms with van der Waals surface area (Å²) in [7, 11) is 0. The lowest BCUT2D eigenvalue weighted by Gasteiger charge is -2.23. The highest BCUT2D eigenvalue weighted by atomic mass is 16.5. The maximum Gasteiger partial charge on any atom is 0.313 e. The molecule has 1 saturated carbocycles. The number of hydrogen-bond acceptors (Lipinski definition) is 3. The van der Waals surface area contributed by atoms with E-state index in [2.05, 4.69) is 4.98 Å². The molecule has 0 N–H and O–H groups in total. The van der Waals surface area contributed by atoms with E-state index in [-0.39, 0.29) is 18.0 Å².